The molecule has 2 saturated heterocycles. The lowest BCUT2D eigenvalue weighted by Crippen LogP contribution is -2.58. The zero-order chi connectivity index (χ0) is 31.1. The lowest BCUT2D eigenvalue weighted by molar-refractivity contribution is -0.144. The first kappa shape index (κ1) is 31.3. The van der Waals surface area contributed by atoms with Crippen LogP contribution in [0, 0.1) is 0 Å². The van der Waals surface area contributed by atoms with Crippen molar-refractivity contribution < 1.29 is 39.3 Å². The third-order valence-electron chi connectivity index (χ3n) is 7.79. The summed E-state index contributed by atoms with van der Waals surface area (Å²) in [5, 5.41) is 33.3. The molecule has 2 aliphatic rings. The van der Waals surface area contributed by atoms with E-state index in [1.165, 1.54) is 34.1 Å². The molecule has 13 nitrogen and oxygen atoms in total. The van der Waals surface area contributed by atoms with E-state index in [1.54, 1.807) is 24.3 Å². The summed E-state index contributed by atoms with van der Waals surface area (Å²) < 4.78 is 0. The summed E-state index contributed by atoms with van der Waals surface area (Å²) in [6, 6.07) is 8.79. The van der Waals surface area contributed by atoms with Gasteiger partial charge in [0.1, 0.15) is 36.2 Å². The number of carbonyl (C=O) groups is 5. The van der Waals surface area contributed by atoms with Crippen molar-refractivity contribution in [3.63, 3.8) is 0 Å². The van der Waals surface area contributed by atoms with Gasteiger partial charge in [0.25, 0.3) is 0 Å². The Morgan fingerprint density at radius 1 is 0.767 bits per heavy atom. The molecule has 2 heterocycles. The molecular formula is C30H37N5O8. The Balaban J connectivity index is 1.49. The van der Waals surface area contributed by atoms with Gasteiger partial charge in [0.05, 0.1) is 6.04 Å². The first-order valence-corrected chi connectivity index (χ1v) is 14.3. The van der Waals surface area contributed by atoms with E-state index in [0.29, 0.717) is 37.8 Å². The first-order chi connectivity index (χ1) is 20.5. The summed E-state index contributed by atoms with van der Waals surface area (Å²) in [4.78, 5) is 67.1. The molecule has 43 heavy (non-hydrogen) atoms. The van der Waals surface area contributed by atoms with E-state index in [1.807, 2.05) is 0 Å². The van der Waals surface area contributed by atoms with Crippen LogP contribution in [0.2, 0.25) is 0 Å². The number of nitrogens with one attached hydrogen (secondary N) is 2. The summed E-state index contributed by atoms with van der Waals surface area (Å²) >= 11 is 0. The number of carboxylic acid groups (broad SMARTS) is 1. The van der Waals surface area contributed by atoms with Gasteiger partial charge in [-0.3, -0.25) is 24.0 Å². The topological polar surface area (TPSA) is 203 Å². The summed E-state index contributed by atoms with van der Waals surface area (Å²) in [6.07, 6.45) is 2.11. The summed E-state index contributed by atoms with van der Waals surface area (Å²) in [6.45, 7) is 0.00623. The van der Waals surface area contributed by atoms with Crippen molar-refractivity contribution >= 4 is 29.6 Å². The van der Waals surface area contributed by atoms with Crippen molar-refractivity contribution in [1.29, 1.82) is 0 Å². The molecule has 7 N–H and O–H groups in total. The molecule has 4 amide bonds. The zero-order valence-corrected chi connectivity index (χ0v) is 23.6. The number of carboxylic acids is 1. The van der Waals surface area contributed by atoms with Crippen LogP contribution in [0.5, 0.6) is 11.5 Å². The highest BCUT2D eigenvalue weighted by Gasteiger charge is 2.41. The molecule has 0 unspecified atom stereocenters. The standard InChI is InChI=1S/C30H37N5O8/c31-22(15-18-5-9-20(36)10-6-18)29(42)34-13-2-4-25(34)28(41)33-23(16-19-7-11-21(37)12-8-19)30(43)35-14-1-3-24(35)27(40)32-17-26(38)39/h5-12,22-25,36-37H,1-4,13-17,31H2,(H,32,40)(H,33,41)(H,38,39)/t22-,23-,24-,25-/m0/s1. The SMILES string of the molecule is N[C@@H](Cc1ccc(O)cc1)C(=O)N1CCC[C@H]1C(=O)N[C@@H](Cc1ccc(O)cc1)C(=O)N1CCC[C@H]1C(=O)NCC(=O)O. The second kappa shape index (κ2) is 14.0. The Morgan fingerprint density at radius 3 is 1.79 bits per heavy atom. The molecule has 2 aromatic rings. The molecule has 230 valence electrons. The van der Waals surface area contributed by atoms with Crippen LogP contribution >= 0.6 is 0 Å². The van der Waals surface area contributed by atoms with Crippen LogP contribution in [0.3, 0.4) is 0 Å². The number of benzene rings is 2. The maximum Gasteiger partial charge on any atom is 0.322 e. The molecule has 0 aromatic heterocycles. The quantitative estimate of drug-likeness (QED) is 0.205. The van der Waals surface area contributed by atoms with Crippen LogP contribution in [0.25, 0.3) is 0 Å². The zero-order valence-electron chi connectivity index (χ0n) is 23.6. The third kappa shape index (κ3) is 8.01. The van der Waals surface area contributed by atoms with Gasteiger partial charge in [-0.2, -0.15) is 0 Å². The van der Waals surface area contributed by atoms with Gasteiger partial charge < -0.3 is 41.5 Å². The van der Waals surface area contributed by atoms with Crippen LogP contribution in [-0.2, 0) is 36.8 Å². The van der Waals surface area contributed by atoms with Gasteiger partial charge in [-0.1, -0.05) is 24.3 Å². The highest BCUT2D eigenvalue weighted by atomic mass is 16.4. The van der Waals surface area contributed by atoms with E-state index in [9.17, 15) is 34.2 Å². The predicted octanol–water partition coefficient (Wildman–Crippen LogP) is -0.122. The number of hydrogen-bond acceptors (Lipinski definition) is 8. The van der Waals surface area contributed by atoms with Gasteiger partial charge in [-0.25, -0.2) is 0 Å². The van der Waals surface area contributed by atoms with Gasteiger partial charge in [0.2, 0.25) is 23.6 Å². The smallest absolute Gasteiger partial charge is 0.322 e. The number of carbonyl (C=O) groups excluding carboxylic acids is 4. The number of nitrogens with two attached hydrogens (primary N) is 1. The molecule has 0 aliphatic carbocycles. The highest BCUT2D eigenvalue weighted by Crippen LogP contribution is 2.23. The molecule has 0 bridgehead atoms. The maximum atomic E-state index is 13.8. The fraction of sp³-hybridized carbons (Fsp3) is 0.433. The van der Waals surface area contributed by atoms with E-state index in [-0.39, 0.29) is 30.9 Å². The number of nitrogens with zero attached hydrogens (tertiary/aromatic N) is 2. The second-order valence-electron chi connectivity index (χ2n) is 10.9. The Kier molecular flexibility index (Phi) is 10.2. The van der Waals surface area contributed by atoms with Gasteiger partial charge in [0, 0.05) is 19.5 Å². The van der Waals surface area contributed by atoms with Crippen molar-refractivity contribution in [2.75, 3.05) is 19.6 Å². The van der Waals surface area contributed by atoms with Crippen LogP contribution < -0.4 is 16.4 Å². The number of aromatic hydroxyl groups is 2. The molecular weight excluding hydrogens is 558 g/mol. The largest absolute Gasteiger partial charge is 0.508 e. The molecule has 2 aromatic carbocycles. The van der Waals surface area contributed by atoms with E-state index < -0.39 is 60.3 Å². The molecule has 4 atom stereocenters. The van der Waals surface area contributed by atoms with Crippen LogP contribution in [0.4, 0.5) is 0 Å². The fourth-order valence-electron chi connectivity index (χ4n) is 5.61. The molecule has 13 heteroatoms. The van der Waals surface area contributed by atoms with Gasteiger partial charge >= 0.3 is 5.97 Å². The highest BCUT2D eigenvalue weighted by molar-refractivity contribution is 5.96. The van der Waals surface area contributed by atoms with Crippen molar-refractivity contribution in [3.05, 3.63) is 59.7 Å². The second-order valence-corrected chi connectivity index (χ2v) is 10.9. The van der Waals surface area contributed by atoms with Crippen molar-refractivity contribution in [3.8, 4) is 11.5 Å². The summed E-state index contributed by atoms with van der Waals surface area (Å²) in [7, 11) is 0. The average Bonchev–Trinajstić information content (AvgIpc) is 3.68. The third-order valence-corrected chi connectivity index (χ3v) is 7.79. The van der Waals surface area contributed by atoms with E-state index in [0.717, 1.165) is 5.56 Å². The Hall–Kier alpha value is -4.65. The molecule has 2 aliphatic heterocycles. The fourth-order valence-corrected chi connectivity index (χ4v) is 5.61. The van der Waals surface area contributed by atoms with Crippen LogP contribution in [-0.4, -0.2) is 98.5 Å². The number of likely N-dealkylation sites (tertiary alicyclic amines) is 2. The van der Waals surface area contributed by atoms with Gasteiger partial charge in [-0.05, 0) is 67.5 Å². The monoisotopic (exact) mass is 595 g/mol. The number of phenols is 2. The summed E-state index contributed by atoms with van der Waals surface area (Å²) in [5.74, 6) is -3.09. The number of rotatable bonds is 11. The maximum absolute atomic E-state index is 13.8. The molecule has 0 saturated carbocycles. The van der Waals surface area contributed by atoms with E-state index >= 15 is 0 Å². The number of phenolic OH excluding ortho intramolecular Hbond substituents is 2. The molecule has 4 rings (SSSR count). The number of amides is 4. The Morgan fingerprint density at radius 2 is 1.26 bits per heavy atom. The Bertz CT molecular complexity index is 1330. The number of hydrogen-bond donors (Lipinski definition) is 6. The predicted molar refractivity (Wildman–Crippen MR) is 154 cm³/mol. The van der Waals surface area contributed by atoms with E-state index in [4.69, 9.17) is 10.8 Å². The normalized spacial score (nSPS) is 19.5. The minimum atomic E-state index is -1.21. The van der Waals surface area contributed by atoms with Crippen LogP contribution in [0.15, 0.2) is 48.5 Å². The lowest BCUT2D eigenvalue weighted by Gasteiger charge is -2.31. The van der Waals surface area contributed by atoms with Gasteiger partial charge in [-0.15, -0.1) is 0 Å². The van der Waals surface area contributed by atoms with Crippen LogP contribution in [0.1, 0.15) is 36.8 Å². The lowest BCUT2D eigenvalue weighted by atomic mass is 10.0. The minimum Gasteiger partial charge on any atom is -0.508 e. The first-order valence-electron chi connectivity index (χ1n) is 14.3. The van der Waals surface area contributed by atoms with Crippen molar-refractivity contribution in [1.82, 2.24) is 20.4 Å². The van der Waals surface area contributed by atoms with Crippen molar-refractivity contribution in [2.45, 2.75) is 62.7 Å². The molecule has 0 spiro atoms. The summed E-state index contributed by atoms with van der Waals surface area (Å²) in [5.41, 5.74) is 7.63. The Labute approximate surface area is 248 Å². The average molecular weight is 596 g/mol. The number of aliphatic carboxylic acids is 1. The molecule has 0 radical (unpaired) electrons. The minimum absolute atomic E-state index is 0.0362. The molecule has 2 fully saturated rings. The van der Waals surface area contributed by atoms with Crippen molar-refractivity contribution in [2.24, 2.45) is 5.73 Å². The van der Waals surface area contributed by atoms with Gasteiger partial charge in [0.15, 0.2) is 0 Å². The van der Waals surface area contributed by atoms with E-state index in [2.05, 4.69) is 10.6 Å².